The van der Waals surface area contributed by atoms with Crippen LogP contribution < -0.4 is 5.32 Å². The Morgan fingerprint density at radius 2 is 1.92 bits per heavy atom. The quantitative estimate of drug-likeness (QED) is 0.316. The van der Waals surface area contributed by atoms with Gasteiger partial charge in [0.25, 0.3) is 0 Å². The summed E-state index contributed by atoms with van der Waals surface area (Å²) in [5, 5.41) is 10.1. The molecular weight excluding hydrogens is 500 g/mol. The number of fused-ring (bicyclic) bond motifs is 2. The molecule has 1 fully saturated rings. The van der Waals surface area contributed by atoms with Gasteiger partial charge in [-0.2, -0.15) is 13.2 Å². The van der Waals surface area contributed by atoms with E-state index in [0.29, 0.717) is 12.5 Å². The number of alkyl halides is 3. The van der Waals surface area contributed by atoms with Crippen LogP contribution in [0.15, 0.2) is 49.3 Å². The largest absolute Gasteiger partial charge is 0.409 e. The van der Waals surface area contributed by atoms with Gasteiger partial charge in [0.15, 0.2) is 5.82 Å². The second kappa shape index (κ2) is 8.56. The number of rotatable bonds is 7. The van der Waals surface area contributed by atoms with Crippen LogP contribution in [0.4, 0.5) is 17.6 Å². The summed E-state index contributed by atoms with van der Waals surface area (Å²) in [6.45, 7) is 0.0484. The van der Waals surface area contributed by atoms with Crippen molar-refractivity contribution < 1.29 is 17.6 Å². The van der Waals surface area contributed by atoms with Crippen LogP contribution in [-0.4, -0.2) is 39.9 Å². The van der Waals surface area contributed by atoms with E-state index >= 15 is 0 Å². The minimum atomic E-state index is -4.74. The van der Waals surface area contributed by atoms with Gasteiger partial charge in [-0.05, 0) is 36.5 Å². The highest BCUT2D eigenvalue weighted by Crippen LogP contribution is 2.40. The van der Waals surface area contributed by atoms with E-state index < -0.39 is 23.7 Å². The SMILES string of the molecule is Fc1c(Cl)ccn2cnc(C(NCc3cn(Cc4cn5cc(C6CC6)ccc5n4)nn3)C(F)(F)F)c12. The molecule has 1 atom stereocenters. The van der Waals surface area contributed by atoms with E-state index in [1.54, 1.807) is 6.20 Å². The molecule has 186 valence electrons. The fourth-order valence-corrected chi connectivity index (χ4v) is 4.44. The summed E-state index contributed by atoms with van der Waals surface area (Å²) in [4.78, 5) is 8.38. The summed E-state index contributed by atoms with van der Waals surface area (Å²) in [7, 11) is 0. The van der Waals surface area contributed by atoms with Gasteiger partial charge in [-0.1, -0.05) is 22.9 Å². The van der Waals surface area contributed by atoms with Gasteiger partial charge < -0.3 is 8.80 Å². The van der Waals surface area contributed by atoms with Crippen molar-refractivity contribution in [1.29, 1.82) is 0 Å². The van der Waals surface area contributed by atoms with E-state index in [0.717, 1.165) is 22.1 Å². The van der Waals surface area contributed by atoms with Crippen molar-refractivity contribution in [1.82, 2.24) is 39.1 Å². The number of hydrogen-bond acceptors (Lipinski definition) is 5. The van der Waals surface area contributed by atoms with Gasteiger partial charge in [-0.25, -0.2) is 19.0 Å². The third-order valence-corrected chi connectivity index (χ3v) is 6.48. The highest BCUT2D eigenvalue weighted by atomic mass is 35.5. The smallest absolute Gasteiger partial charge is 0.306 e. The molecule has 0 aromatic carbocycles. The molecule has 0 aliphatic heterocycles. The van der Waals surface area contributed by atoms with Gasteiger partial charge in [0.1, 0.15) is 17.2 Å². The molecule has 36 heavy (non-hydrogen) atoms. The van der Waals surface area contributed by atoms with Gasteiger partial charge in [0.05, 0.1) is 41.2 Å². The Morgan fingerprint density at radius 3 is 2.69 bits per heavy atom. The molecular formula is C23H19ClF4N8. The molecule has 5 aromatic rings. The zero-order valence-corrected chi connectivity index (χ0v) is 19.4. The second-order valence-corrected chi connectivity index (χ2v) is 9.27. The fraction of sp³-hybridized carbons (Fsp3) is 0.304. The number of halogens is 5. The van der Waals surface area contributed by atoms with E-state index in [9.17, 15) is 17.6 Å². The Hall–Kier alpha value is -3.51. The maximum atomic E-state index is 14.5. The zero-order valence-electron chi connectivity index (χ0n) is 18.6. The van der Waals surface area contributed by atoms with Gasteiger partial charge in [-0.3, -0.25) is 5.32 Å². The molecule has 1 saturated carbocycles. The first-order valence-corrected chi connectivity index (χ1v) is 11.6. The summed E-state index contributed by atoms with van der Waals surface area (Å²) in [6, 6.07) is 3.07. The lowest BCUT2D eigenvalue weighted by Crippen LogP contribution is -2.34. The average Bonchev–Trinajstić information content (AvgIpc) is 3.25. The molecule has 1 N–H and O–H groups in total. The van der Waals surface area contributed by atoms with E-state index in [-0.39, 0.29) is 22.8 Å². The molecule has 5 aromatic heterocycles. The van der Waals surface area contributed by atoms with Gasteiger partial charge in [-0.15, -0.1) is 5.10 Å². The van der Waals surface area contributed by atoms with Crippen molar-refractivity contribution in [2.24, 2.45) is 0 Å². The highest BCUT2D eigenvalue weighted by Gasteiger charge is 2.43. The van der Waals surface area contributed by atoms with Crippen LogP contribution in [0, 0.1) is 5.82 Å². The molecule has 1 unspecified atom stereocenters. The maximum Gasteiger partial charge on any atom is 0.409 e. The summed E-state index contributed by atoms with van der Waals surface area (Å²) >= 11 is 5.78. The third kappa shape index (κ3) is 4.30. The molecule has 0 spiro atoms. The Labute approximate surface area is 206 Å². The predicted octanol–water partition coefficient (Wildman–Crippen LogP) is 4.68. The van der Waals surface area contributed by atoms with Crippen LogP contribution >= 0.6 is 11.6 Å². The number of imidazole rings is 2. The van der Waals surface area contributed by atoms with Crippen molar-refractivity contribution >= 4 is 22.8 Å². The van der Waals surface area contributed by atoms with Crippen molar-refractivity contribution in [2.75, 3.05) is 0 Å². The first kappa shape index (κ1) is 22.9. The van der Waals surface area contributed by atoms with Crippen LogP contribution in [0.3, 0.4) is 0 Å². The molecule has 0 radical (unpaired) electrons. The molecule has 0 saturated heterocycles. The van der Waals surface area contributed by atoms with Gasteiger partial charge in [0.2, 0.25) is 0 Å². The molecule has 13 heteroatoms. The molecule has 1 aliphatic rings. The third-order valence-electron chi connectivity index (χ3n) is 6.19. The Bertz CT molecular complexity index is 1570. The molecule has 0 amide bonds. The number of aromatic nitrogens is 7. The Balaban J connectivity index is 1.19. The number of hydrogen-bond donors (Lipinski definition) is 1. The van der Waals surface area contributed by atoms with E-state index in [1.165, 1.54) is 35.4 Å². The van der Waals surface area contributed by atoms with Crippen LogP contribution in [0.25, 0.3) is 11.2 Å². The minimum absolute atomic E-state index is 0.263. The van der Waals surface area contributed by atoms with Crippen LogP contribution in [0.2, 0.25) is 5.02 Å². The normalized spacial score (nSPS) is 15.2. The topological polar surface area (TPSA) is 77.3 Å². The summed E-state index contributed by atoms with van der Waals surface area (Å²) in [6.07, 6.45) is 5.66. The minimum Gasteiger partial charge on any atom is -0.306 e. The first-order chi connectivity index (χ1) is 17.3. The Kier molecular flexibility index (Phi) is 5.45. The monoisotopic (exact) mass is 518 g/mol. The zero-order chi connectivity index (χ0) is 25.0. The second-order valence-electron chi connectivity index (χ2n) is 8.86. The molecule has 8 nitrogen and oxygen atoms in total. The lowest BCUT2D eigenvalue weighted by molar-refractivity contribution is -0.158. The number of nitrogens with one attached hydrogen (secondary N) is 1. The van der Waals surface area contributed by atoms with Crippen molar-refractivity contribution in [3.63, 3.8) is 0 Å². The maximum absolute atomic E-state index is 14.5. The van der Waals surface area contributed by atoms with E-state index in [1.807, 2.05) is 16.7 Å². The van der Waals surface area contributed by atoms with Crippen molar-refractivity contribution in [3.05, 3.63) is 82.8 Å². The number of pyridine rings is 2. The van der Waals surface area contributed by atoms with E-state index in [4.69, 9.17) is 11.6 Å². The lowest BCUT2D eigenvalue weighted by atomic mass is 10.1. The van der Waals surface area contributed by atoms with Gasteiger partial charge in [0, 0.05) is 25.1 Å². The van der Waals surface area contributed by atoms with Crippen LogP contribution in [0.5, 0.6) is 0 Å². The Morgan fingerprint density at radius 1 is 1.08 bits per heavy atom. The van der Waals surface area contributed by atoms with E-state index in [2.05, 4.69) is 37.9 Å². The molecule has 6 rings (SSSR count). The molecule has 1 aliphatic carbocycles. The van der Waals surface area contributed by atoms with Crippen LogP contribution in [0.1, 0.15) is 47.4 Å². The average molecular weight is 519 g/mol. The standard InChI is InChI=1S/C23H19ClF4N8/c24-17-5-6-34-12-30-20(21(34)19(17)25)22(23(26,27)28)29-7-15-10-36(33-32-15)11-16-9-35-8-14(13-1-2-13)3-4-18(35)31-16/h3-6,8-10,12-13,22,29H,1-2,7,11H2. The van der Waals surface area contributed by atoms with Crippen LogP contribution in [-0.2, 0) is 13.1 Å². The highest BCUT2D eigenvalue weighted by molar-refractivity contribution is 6.31. The summed E-state index contributed by atoms with van der Waals surface area (Å²) in [5.41, 5.74) is 2.28. The van der Waals surface area contributed by atoms with Gasteiger partial charge >= 0.3 is 6.18 Å². The number of nitrogens with zero attached hydrogens (tertiary/aromatic N) is 7. The lowest BCUT2D eigenvalue weighted by Gasteiger charge is -2.20. The van der Waals surface area contributed by atoms with Crippen molar-refractivity contribution in [2.45, 2.75) is 44.1 Å². The predicted molar refractivity (Wildman–Crippen MR) is 122 cm³/mol. The summed E-state index contributed by atoms with van der Waals surface area (Å²) < 4.78 is 60.9. The molecule has 0 bridgehead atoms. The first-order valence-electron chi connectivity index (χ1n) is 11.2. The molecule has 5 heterocycles. The van der Waals surface area contributed by atoms with Crippen molar-refractivity contribution in [3.8, 4) is 0 Å². The fourth-order valence-electron chi connectivity index (χ4n) is 4.29. The summed E-state index contributed by atoms with van der Waals surface area (Å²) in [5.74, 6) is -0.342.